The van der Waals surface area contributed by atoms with E-state index in [1.807, 2.05) is 18.2 Å². The largest absolute Gasteiger partial charge is 0.497 e. The van der Waals surface area contributed by atoms with Gasteiger partial charge in [-0.1, -0.05) is 0 Å². The van der Waals surface area contributed by atoms with Crippen molar-refractivity contribution in [2.75, 3.05) is 12.4 Å². The minimum absolute atomic E-state index is 0.416. The van der Waals surface area contributed by atoms with Gasteiger partial charge in [-0.05, 0) is 32.0 Å². The molecule has 0 unspecified atom stereocenters. The molecule has 0 aliphatic carbocycles. The molecule has 1 aromatic rings. The SMILES string of the molecule is COc1ccc(NC(C)C)c(S)c1. The standard InChI is InChI=1S/C10H15NOS/c1-7(2)11-9-5-4-8(12-3)6-10(9)13/h4-7,11,13H,1-3H3. The predicted octanol–water partition coefficient (Wildman–Crippen LogP) is 2.80. The highest BCUT2D eigenvalue weighted by atomic mass is 32.1. The zero-order chi connectivity index (χ0) is 9.84. The number of ether oxygens (including phenoxy) is 1. The highest BCUT2D eigenvalue weighted by Crippen LogP contribution is 2.25. The molecule has 0 saturated heterocycles. The molecule has 0 radical (unpaired) electrons. The van der Waals surface area contributed by atoms with Gasteiger partial charge >= 0.3 is 0 Å². The Balaban J connectivity index is 2.85. The summed E-state index contributed by atoms with van der Waals surface area (Å²) in [6, 6.07) is 6.21. The van der Waals surface area contributed by atoms with E-state index in [0.717, 1.165) is 16.3 Å². The molecule has 0 aliphatic rings. The molecule has 3 heteroatoms. The lowest BCUT2D eigenvalue weighted by Crippen LogP contribution is -2.09. The summed E-state index contributed by atoms with van der Waals surface area (Å²) in [4.78, 5) is 0.910. The smallest absolute Gasteiger partial charge is 0.120 e. The molecule has 0 atom stereocenters. The van der Waals surface area contributed by atoms with Crippen molar-refractivity contribution in [3.8, 4) is 5.75 Å². The van der Waals surface area contributed by atoms with Gasteiger partial charge in [-0.2, -0.15) is 0 Å². The first-order valence-corrected chi connectivity index (χ1v) is 4.71. The van der Waals surface area contributed by atoms with Gasteiger partial charge in [0.1, 0.15) is 5.75 Å². The van der Waals surface area contributed by atoms with Crippen molar-refractivity contribution in [2.45, 2.75) is 24.8 Å². The van der Waals surface area contributed by atoms with Crippen LogP contribution in [0.3, 0.4) is 0 Å². The van der Waals surface area contributed by atoms with Gasteiger partial charge in [0.2, 0.25) is 0 Å². The molecule has 0 bridgehead atoms. The maximum Gasteiger partial charge on any atom is 0.120 e. The van der Waals surface area contributed by atoms with E-state index in [2.05, 4.69) is 31.8 Å². The Bertz CT molecular complexity index is 286. The molecular weight excluding hydrogens is 182 g/mol. The number of rotatable bonds is 3. The quantitative estimate of drug-likeness (QED) is 0.727. The Morgan fingerprint density at radius 2 is 2.08 bits per heavy atom. The van der Waals surface area contributed by atoms with Crippen molar-refractivity contribution in [2.24, 2.45) is 0 Å². The second-order valence-corrected chi connectivity index (χ2v) is 3.66. The van der Waals surface area contributed by atoms with E-state index in [0.29, 0.717) is 6.04 Å². The number of methoxy groups -OCH3 is 1. The van der Waals surface area contributed by atoms with Crippen LogP contribution in [-0.2, 0) is 0 Å². The minimum Gasteiger partial charge on any atom is -0.497 e. The van der Waals surface area contributed by atoms with Gasteiger partial charge in [0.25, 0.3) is 0 Å². The van der Waals surface area contributed by atoms with Crippen molar-refractivity contribution < 1.29 is 4.74 Å². The minimum atomic E-state index is 0.416. The van der Waals surface area contributed by atoms with Gasteiger partial charge in [0.05, 0.1) is 7.11 Å². The zero-order valence-corrected chi connectivity index (χ0v) is 9.06. The topological polar surface area (TPSA) is 21.3 Å². The van der Waals surface area contributed by atoms with Gasteiger partial charge in [-0.15, -0.1) is 12.6 Å². The van der Waals surface area contributed by atoms with Crippen molar-refractivity contribution in [3.63, 3.8) is 0 Å². The van der Waals surface area contributed by atoms with Crippen LogP contribution in [0.25, 0.3) is 0 Å². The summed E-state index contributed by atoms with van der Waals surface area (Å²) in [6.45, 7) is 4.19. The highest BCUT2D eigenvalue weighted by molar-refractivity contribution is 7.80. The molecule has 13 heavy (non-hydrogen) atoms. The van der Waals surface area contributed by atoms with Gasteiger partial charge in [0.15, 0.2) is 0 Å². The Kier molecular flexibility index (Phi) is 3.48. The van der Waals surface area contributed by atoms with E-state index in [4.69, 9.17) is 4.74 Å². The van der Waals surface area contributed by atoms with Crippen LogP contribution in [0.1, 0.15) is 13.8 Å². The van der Waals surface area contributed by atoms with Crippen LogP contribution in [-0.4, -0.2) is 13.2 Å². The number of hydrogen-bond donors (Lipinski definition) is 2. The third-order valence-corrected chi connectivity index (χ3v) is 2.02. The summed E-state index contributed by atoms with van der Waals surface area (Å²) >= 11 is 4.35. The molecule has 0 heterocycles. The second-order valence-electron chi connectivity index (χ2n) is 3.18. The van der Waals surface area contributed by atoms with Gasteiger partial charge in [-0.25, -0.2) is 0 Å². The Morgan fingerprint density at radius 3 is 2.54 bits per heavy atom. The number of benzene rings is 1. The third kappa shape index (κ3) is 2.84. The van der Waals surface area contributed by atoms with Crippen LogP contribution in [0.5, 0.6) is 5.75 Å². The number of hydrogen-bond acceptors (Lipinski definition) is 3. The fraction of sp³-hybridized carbons (Fsp3) is 0.400. The van der Waals surface area contributed by atoms with Gasteiger partial charge < -0.3 is 10.1 Å². The summed E-state index contributed by atoms with van der Waals surface area (Å²) in [5.41, 5.74) is 1.04. The Labute approximate surface area is 84.7 Å². The molecule has 0 spiro atoms. The molecule has 2 nitrogen and oxygen atoms in total. The maximum absolute atomic E-state index is 5.08. The second kappa shape index (κ2) is 4.42. The summed E-state index contributed by atoms with van der Waals surface area (Å²) in [5.74, 6) is 0.833. The first kappa shape index (κ1) is 10.3. The molecule has 0 fully saturated rings. The fourth-order valence-electron chi connectivity index (χ4n) is 1.07. The normalized spacial score (nSPS) is 10.2. The molecule has 0 aromatic heterocycles. The first-order chi connectivity index (χ1) is 6.13. The van der Waals surface area contributed by atoms with Gasteiger partial charge in [-0.3, -0.25) is 0 Å². The van der Waals surface area contributed by atoms with Crippen molar-refractivity contribution in [1.82, 2.24) is 0 Å². The van der Waals surface area contributed by atoms with E-state index in [9.17, 15) is 0 Å². The summed E-state index contributed by atoms with van der Waals surface area (Å²) < 4.78 is 5.08. The number of nitrogens with one attached hydrogen (secondary N) is 1. The van der Waals surface area contributed by atoms with E-state index < -0.39 is 0 Å². The molecule has 1 rings (SSSR count). The lowest BCUT2D eigenvalue weighted by atomic mass is 10.2. The highest BCUT2D eigenvalue weighted by Gasteiger charge is 2.01. The van der Waals surface area contributed by atoms with Crippen LogP contribution in [0.2, 0.25) is 0 Å². The molecule has 0 aliphatic heterocycles. The van der Waals surface area contributed by atoms with Crippen LogP contribution < -0.4 is 10.1 Å². The van der Waals surface area contributed by atoms with Crippen LogP contribution in [0.4, 0.5) is 5.69 Å². The predicted molar refractivity (Wildman–Crippen MR) is 59.0 cm³/mol. The lowest BCUT2D eigenvalue weighted by molar-refractivity contribution is 0.414. The van der Waals surface area contributed by atoms with Crippen LogP contribution >= 0.6 is 12.6 Å². The Morgan fingerprint density at radius 1 is 1.38 bits per heavy atom. The first-order valence-electron chi connectivity index (χ1n) is 4.27. The van der Waals surface area contributed by atoms with Crippen molar-refractivity contribution in [1.29, 1.82) is 0 Å². The third-order valence-electron chi connectivity index (χ3n) is 1.65. The summed E-state index contributed by atoms with van der Waals surface area (Å²) in [5, 5.41) is 3.29. The molecule has 1 N–H and O–H groups in total. The van der Waals surface area contributed by atoms with Gasteiger partial charge in [0, 0.05) is 16.6 Å². The van der Waals surface area contributed by atoms with Crippen LogP contribution in [0.15, 0.2) is 23.1 Å². The average molecular weight is 197 g/mol. The van der Waals surface area contributed by atoms with Crippen molar-refractivity contribution >= 4 is 18.3 Å². The van der Waals surface area contributed by atoms with E-state index in [1.165, 1.54) is 0 Å². The summed E-state index contributed by atoms with van der Waals surface area (Å²) in [7, 11) is 1.65. The summed E-state index contributed by atoms with van der Waals surface area (Å²) in [6.07, 6.45) is 0. The monoisotopic (exact) mass is 197 g/mol. The average Bonchev–Trinajstić information content (AvgIpc) is 2.08. The maximum atomic E-state index is 5.08. The molecule has 0 saturated carbocycles. The Hall–Kier alpha value is -0.830. The zero-order valence-electron chi connectivity index (χ0n) is 8.16. The molecular formula is C10H15NOS. The molecule has 72 valence electrons. The van der Waals surface area contributed by atoms with Crippen LogP contribution in [0, 0.1) is 0 Å². The van der Waals surface area contributed by atoms with E-state index in [1.54, 1.807) is 7.11 Å². The van der Waals surface area contributed by atoms with E-state index >= 15 is 0 Å². The molecule has 1 aromatic carbocycles. The lowest BCUT2D eigenvalue weighted by Gasteiger charge is -2.12. The number of thiol groups is 1. The number of anilines is 1. The van der Waals surface area contributed by atoms with Crippen molar-refractivity contribution in [3.05, 3.63) is 18.2 Å². The molecule has 0 amide bonds. The van der Waals surface area contributed by atoms with E-state index in [-0.39, 0.29) is 0 Å². The fourth-order valence-corrected chi connectivity index (χ4v) is 1.34.